The third-order valence-electron chi connectivity index (χ3n) is 3.08. The zero-order valence-electron chi connectivity index (χ0n) is 11.7. The van der Waals surface area contributed by atoms with E-state index in [1.807, 2.05) is 38.1 Å². The summed E-state index contributed by atoms with van der Waals surface area (Å²) in [6.07, 6.45) is 0.715. The lowest BCUT2D eigenvalue weighted by atomic mass is 10.0. The highest BCUT2D eigenvalue weighted by atomic mass is 16.2. The molecular weight excluding hydrogens is 224 g/mol. The maximum atomic E-state index is 11.9. The van der Waals surface area contributed by atoms with Gasteiger partial charge in [-0.3, -0.25) is 4.79 Å². The highest BCUT2D eigenvalue weighted by Gasteiger charge is 2.18. The van der Waals surface area contributed by atoms with E-state index in [9.17, 15) is 4.79 Å². The fourth-order valence-electron chi connectivity index (χ4n) is 2.09. The van der Waals surface area contributed by atoms with Crippen molar-refractivity contribution in [2.75, 3.05) is 0 Å². The SMILES string of the molecule is Cc1ccccc1[C@@H](C)NC(=O)[C@H](N)CC(C)C. The number of rotatable bonds is 5. The van der Waals surface area contributed by atoms with E-state index in [2.05, 4.69) is 19.2 Å². The largest absolute Gasteiger partial charge is 0.348 e. The second-order valence-corrected chi connectivity index (χ2v) is 5.32. The average Bonchev–Trinajstić information content (AvgIpc) is 2.28. The maximum absolute atomic E-state index is 11.9. The molecule has 0 saturated heterocycles. The van der Waals surface area contributed by atoms with E-state index >= 15 is 0 Å². The van der Waals surface area contributed by atoms with E-state index < -0.39 is 6.04 Å². The third kappa shape index (κ3) is 4.15. The van der Waals surface area contributed by atoms with Crippen LogP contribution in [0.3, 0.4) is 0 Å². The Balaban J connectivity index is 2.62. The van der Waals surface area contributed by atoms with Crippen LogP contribution in [0.4, 0.5) is 0 Å². The number of carbonyl (C=O) groups is 1. The van der Waals surface area contributed by atoms with Crippen molar-refractivity contribution in [2.24, 2.45) is 11.7 Å². The van der Waals surface area contributed by atoms with Crippen LogP contribution in [0.2, 0.25) is 0 Å². The summed E-state index contributed by atoms with van der Waals surface area (Å²) in [5, 5.41) is 2.98. The first kappa shape index (κ1) is 14.7. The second-order valence-electron chi connectivity index (χ2n) is 5.32. The smallest absolute Gasteiger partial charge is 0.237 e. The molecule has 0 fully saturated rings. The first-order chi connectivity index (χ1) is 8.41. The summed E-state index contributed by atoms with van der Waals surface area (Å²) < 4.78 is 0. The summed E-state index contributed by atoms with van der Waals surface area (Å²) in [5.41, 5.74) is 8.19. The molecule has 0 bridgehead atoms. The molecule has 1 aromatic rings. The summed E-state index contributed by atoms with van der Waals surface area (Å²) in [6, 6.07) is 7.64. The van der Waals surface area contributed by atoms with Gasteiger partial charge in [-0.15, -0.1) is 0 Å². The van der Waals surface area contributed by atoms with E-state index in [0.29, 0.717) is 12.3 Å². The molecule has 0 aliphatic rings. The van der Waals surface area contributed by atoms with Crippen LogP contribution in [-0.2, 0) is 4.79 Å². The Hall–Kier alpha value is -1.35. The van der Waals surface area contributed by atoms with Crippen molar-refractivity contribution >= 4 is 5.91 Å². The van der Waals surface area contributed by atoms with Gasteiger partial charge in [-0.2, -0.15) is 0 Å². The number of amides is 1. The predicted molar refractivity (Wildman–Crippen MR) is 75.2 cm³/mol. The predicted octanol–water partition coefficient (Wildman–Crippen LogP) is 2.55. The minimum atomic E-state index is -0.420. The van der Waals surface area contributed by atoms with Gasteiger partial charge in [0.2, 0.25) is 5.91 Å². The average molecular weight is 248 g/mol. The first-order valence-corrected chi connectivity index (χ1v) is 6.53. The van der Waals surface area contributed by atoms with Crippen LogP contribution in [0, 0.1) is 12.8 Å². The molecular formula is C15H24N2O. The molecule has 0 radical (unpaired) electrons. The fraction of sp³-hybridized carbons (Fsp3) is 0.533. The van der Waals surface area contributed by atoms with E-state index in [-0.39, 0.29) is 11.9 Å². The standard InChI is InChI=1S/C15H24N2O/c1-10(2)9-14(16)15(18)17-12(4)13-8-6-5-7-11(13)3/h5-8,10,12,14H,9,16H2,1-4H3,(H,17,18)/t12-,14-/m1/s1. The Kier molecular flexibility index (Phi) is 5.35. The highest BCUT2D eigenvalue weighted by molar-refractivity contribution is 5.81. The third-order valence-corrected chi connectivity index (χ3v) is 3.08. The Morgan fingerprint density at radius 1 is 1.28 bits per heavy atom. The molecule has 0 aliphatic heterocycles. The van der Waals surface area contributed by atoms with Gasteiger partial charge in [0.25, 0.3) is 0 Å². The number of hydrogen-bond donors (Lipinski definition) is 2. The number of nitrogens with one attached hydrogen (secondary N) is 1. The number of aryl methyl sites for hydroxylation is 1. The van der Waals surface area contributed by atoms with Crippen LogP contribution in [0.25, 0.3) is 0 Å². The van der Waals surface area contributed by atoms with Crippen LogP contribution < -0.4 is 11.1 Å². The summed E-state index contributed by atoms with van der Waals surface area (Å²) in [7, 11) is 0. The summed E-state index contributed by atoms with van der Waals surface area (Å²) in [6.45, 7) is 8.17. The molecule has 3 N–H and O–H groups in total. The number of carbonyl (C=O) groups excluding carboxylic acids is 1. The summed E-state index contributed by atoms with van der Waals surface area (Å²) in [4.78, 5) is 11.9. The van der Waals surface area contributed by atoms with Crippen molar-refractivity contribution in [1.29, 1.82) is 0 Å². The molecule has 100 valence electrons. The van der Waals surface area contributed by atoms with Crippen molar-refractivity contribution in [3.05, 3.63) is 35.4 Å². The quantitative estimate of drug-likeness (QED) is 0.841. The maximum Gasteiger partial charge on any atom is 0.237 e. The van der Waals surface area contributed by atoms with E-state index in [1.54, 1.807) is 0 Å². The molecule has 0 saturated carbocycles. The lowest BCUT2D eigenvalue weighted by Crippen LogP contribution is -2.42. The lowest BCUT2D eigenvalue weighted by Gasteiger charge is -2.20. The molecule has 0 heterocycles. The molecule has 3 heteroatoms. The Morgan fingerprint density at radius 2 is 1.89 bits per heavy atom. The molecule has 0 aromatic heterocycles. The minimum Gasteiger partial charge on any atom is -0.348 e. The van der Waals surface area contributed by atoms with Gasteiger partial charge in [-0.25, -0.2) is 0 Å². The highest BCUT2D eigenvalue weighted by Crippen LogP contribution is 2.16. The van der Waals surface area contributed by atoms with Crippen LogP contribution in [0.5, 0.6) is 0 Å². The van der Waals surface area contributed by atoms with Gasteiger partial charge in [0.05, 0.1) is 12.1 Å². The van der Waals surface area contributed by atoms with Gasteiger partial charge in [0.1, 0.15) is 0 Å². The van der Waals surface area contributed by atoms with Gasteiger partial charge in [0, 0.05) is 0 Å². The topological polar surface area (TPSA) is 55.1 Å². The zero-order valence-corrected chi connectivity index (χ0v) is 11.7. The fourth-order valence-corrected chi connectivity index (χ4v) is 2.09. The van der Waals surface area contributed by atoms with Crippen LogP contribution in [0.1, 0.15) is 44.4 Å². The molecule has 0 unspecified atom stereocenters. The van der Waals surface area contributed by atoms with Gasteiger partial charge >= 0.3 is 0 Å². The molecule has 1 aromatic carbocycles. The minimum absolute atomic E-state index is 0.00286. The summed E-state index contributed by atoms with van der Waals surface area (Å²) >= 11 is 0. The number of nitrogens with two attached hydrogens (primary N) is 1. The van der Waals surface area contributed by atoms with Crippen molar-refractivity contribution in [3.8, 4) is 0 Å². The van der Waals surface area contributed by atoms with Gasteiger partial charge in [-0.1, -0.05) is 38.1 Å². The van der Waals surface area contributed by atoms with Crippen molar-refractivity contribution in [2.45, 2.75) is 46.2 Å². The van der Waals surface area contributed by atoms with Crippen molar-refractivity contribution in [3.63, 3.8) is 0 Å². The van der Waals surface area contributed by atoms with Crippen LogP contribution >= 0.6 is 0 Å². The monoisotopic (exact) mass is 248 g/mol. The van der Waals surface area contributed by atoms with Gasteiger partial charge < -0.3 is 11.1 Å². The summed E-state index contributed by atoms with van der Waals surface area (Å²) in [5.74, 6) is 0.360. The molecule has 2 atom stereocenters. The van der Waals surface area contributed by atoms with E-state index in [1.165, 1.54) is 5.56 Å². The molecule has 0 aliphatic carbocycles. The van der Waals surface area contributed by atoms with E-state index in [0.717, 1.165) is 5.56 Å². The number of hydrogen-bond acceptors (Lipinski definition) is 2. The zero-order chi connectivity index (χ0) is 13.7. The molecule has 1 rings (SSSR count). The molecule has 3 nitrogen and oxygen atoms in total. The Labute approximate surface area is 110 Å². The van der Waals surface area contributed by atoms with Gasteiger partial charge in [-0.05, 0) is 37.3 Å². The first-order valence-electron chi connectivity index (χ1n) is 6.53. The second kappa shape index (κ2) is 6.55. The van der Waals surface area contributed by atoms with Gasteiger partial charge in [0.15, 0.2) is 0 Å². The van der Waals surface area contributed by atoms with Crippen LogP contribution in [-0.4, -0.2) is 11.9 Å². The molecule has 1 amide bonds. The lowest BCUT2D eigenvalue weighted by molar-refractivity contribution is -0.123. The molecule has 18 heavy (non-hydrogen) atoms. The normalized spacial score (nSPS) is 14.3. The van der Waals surface area contributed by atoms with E-state index in [4.69, 9.17) is 5.73 Å². The Morgan fingerprint density at radius 3 is 2.44 bits per heavy atom. The van der Waals surface area contributed by atoms with Crippen molar-refractivity contribution in [1.82, 2.24) is 5.32 Å². The van der Waals surface area contributed by atoms with Crippen molar-refractivity contribution < 1.29 is 4.79 Å². The molecule has 0 spiro atoms. The number of benzene rings is 1. The Bertz CT molecular complexity index is 401. The van der Waals surface area contributed by atoms with Crippen LogP contribution in [0.15, 0.2) is 24.3 Å².